The molecule has 0 amide bonds. The molecule has 1 unspecified atom stereocenters. The van der Waals surface area contributed by atoms with Crippen molar-refractivity contribution in [1.29, 1.82) is 0 Å². The van der Waals surface area contributed by atoms with E-state index >= 15 is 0 Å². The SMILES string of the molecule is NC(CCCP1(=O)OCCCCCCO1)C(N)(N)P1(=O)OCCCCCCO1. The van der Waals surface area contributed by atoms with Crippen molar-refractivity contribution < 1.29 is 27.2 Å². The van der Waals surface area contributed by atoms with Gasteiger partial charge in [-0.1, -0.05) is 25.7 Å². The van der Waals surface area contributed by atoms with Gasteiger partial charge in [-0.3, -0.25) is 9.13 Å². The molecule has 2 rings (SSSR count). The Kier molecular flexibility index (Phi) is 10.1. The summed E-state index contributed by atoms with van der Waals surface area (Å²) in [4.78, 5) is 0. The van der Waals surface area contributed by atoms with E-state index in [0.717, 1.165) is 51.4 Å². The van der Waals surface area contributed by atoms with E-state index in [9.17, 15) is 9.13 Å². The van der Waals surface area contributed by atoms with Gasteiger partial charge in [0, 0.05) is 6.04 Å². The third-order valence-electron chi connectivity index (χ3n) is 5.19. The molecular weight excluding hydrogens is 404 g/mol. The molecule has 28 heavy (non-hydrogen) atoms. The van der Waals surface area contributed by atoms with Gasteiger partial charge >= 0.3 is 15.2 Å². The average molecular weight is 441 g/mol. The van der Waals surface area contributed by atoms with Crippen LogP contribution in [-0.4, -0.2) is 44.0 Å². The van der Waals surface area contributed by atoms with Crippen LogP contribution in [0.2, 0.25) is 0 Å². The summed E-state index contributed by atoms with van der Waals surface area (Å²) in [7, 11) is -6.94. The van der Waals surface area contributed by atoms with Crippen LogP contribution in [0.15, 0.2) is 0 Å². The van der Waals surface area contributed by atoms with Gasteiger partial charge in [0.15, 0.2) is 5.40 Å². The van der Waals surface area contributed by atoms with Crippen molar-refractivity contribution in [3.05, 3.63) is 0 Å². The highest BCUT2D eigenvalue weighted by Crippen LogP contribution is 2.57. The van der Waals surface area contributed by atoms with E-state index in [2.05, 4.69) is 0 Å². The quantitative estimate of drug-likeness (QED) is 0.417. The summed E-state index contributed by atoms with van der Waals surface area (Å²) >= 11 is 0. The second-order valence-electron chi connectivity index (χ2n) is 7.63. The second-order valence-corrected chi connectivity index (χ2v) is 12.1. The molecule has 6 N–H and O–H groups in total. The van der Waals surface area contributed by atoms with Crippen molar-refractivity contribution in [3.63, 3.8) is 0 Å². The highest BCUT2D eigenvalue weighted by Gasteiger charge is 2.49. The maximum absolute atomic E-state index is 13.2. The van der Waals surface area contributed by atoms with Crippen molar-refractivity contribution in [2.75, 3.05) is 32.6 Å². The fourth-order valence-electron chi connectivity index (χ4n) is 3.26. The maximum atomic E-state index is 13.2. The third kappa shape index (κ3) is 7.15. The Morgan fingerprint density at radius 1 is 0.750 bits per heavy atom. The van der Waals surface area contributed by atoms with Gasteiger partial charge in [-0.2, -0.15) is 0 Å². The van der Waals surface area contributed by atoms with Gasteiger partial charge in [-0.25, -0.2) is 0 Å². The summed E-state index contributed by atoms with van der Waals surface area (Å²) in [5.41, 5.74) is 18.5. The Morgan fingerprint density at radius 2 is 1.18 bits per heavy atom. The molecule has 9 nitrogen and oxygen atoms in total. The molecule has 0 aromatic carbocycles. The molecule has 0 aromatic rings. The van der Waals surface area contributed by atoms with E-state index in [1.54, 1.807) is 0 Å². The summed E-state index contributed by atoms with van der Waals surface area (Å²) in [6.07, 6.45) is 8.31. The number of hydrogen-bond acceptors (Lipinski definition) is 9. The molecule has 0 radical (unpaired) electrons. The van der Waals surface area contributed by atoms with E-state index < -0.39 is 26.6 Å². The highest BCUT2D eigenvalue weighted by molar-refractivity contribution is 7.55. The van der Waals surface area contributed by atoms with Crippen LogP contribution in [0, 0.1) is 0 Å². The van der Waals surface area contributed by atoms with Crippen molar-refractivity contribution >= 4 is 15.2 Å². The zero-order valence-corrected chi connectivity index (χ0v) is 18.5. The Balaban J connectivity index is 1.91. The first-order valence-electron chi connectivity index (χ1n) is 10.4. The lowest BCUT2D eigenvalue weighted by Gasteiger charge is -2.36. The predicted molar refractivity (Wildman–Crippen MR) is 109 cm³/mol. The topological polar surface area (TPSA) is 149 Å². The molecule has 0 saturated carbocycles. The Bertz CT molecular complexity index is 535. The van der Waals surface area contributed by atoms with Crippen LogP contribution in [0.25, 0.3) is 0 Å². The van der Waals surface area contributed by atoms with E-state index in [1.165, 1.54) is 0 Å². The summed E-state index contributed by atoms with van der Waals surface area (Å²) in [5, 5.41) is -1.81. The second kappa shape index (κ2) is 11.5. The van der Waals surface area contributed by atoms with Gasteiger partial charge in [-0.15, -0.1) is 0 Å². The maximum Gasteiger partial charge on any atom is 0.366 e. The molecule has 2 saturated heterocycles. The molecule has 2 heterocycles. The van der Waals surface area contributed by atoms with Crippen molar-refractivity contribution in [2.45, 2.75) is 75.7 Å². The summed E-state index contributed by atoms with van der Waals surface area (Å²) in [6.45, 7) is 1.41. The van der Waals surface area contributed by atoms with Crippen LogP contribution >= 0.6 is 15.2 Å². The smallest absolute Gasteiger partial charge is 0.324 e. The summed E-state index contributed by atoms with van der Waals surface area (Å²) < 4.78 is 48.1. The van der Waals surface area contributed by atoms with Crippen LogP contribution in [-0.2, 0) is 27.2 Å². The largest absolute Gasteiger partial charge is 0.366 e. The standard InChI is InChI=1S/C17H37N3O6P2/c18-16(10-9-15-27(21)23-11-5-1-2-6-12-24-27)17(19,20)28(22)25-13-7-3-4-8-14-26-28/h16H,1-15,18-20H2. The molecule has 166 valence electrons. The summed E-state index contributed by atoms with van der Waals surface area (Å²) in [5.74, 6) is 0. The Morgan fingerprint density at radius 3 is 1.64 bits per heavy atom. The molecule has 11 heteroatoms. The molecular formula is C17H37N3O6P2. The lowest BCUT2D eigenvalue weighted by molar-refractivity contribution is 0.179. The minimum Gasteiger partial charge on any atom is -0.324 e. The van der Waals surface area contributed by atoms with E-state index in [-0.39, 0.29) is 19.4 Å². The third-order valence-corrected chi connectivity index (χ3v) is 9.53. The first-order chi connectivity index (χ1) is 13.3. The van der Waals surface area contributed by atoms with Crippen LogP contribution in [0.4, 0.5) is 0 Å². The molecule has 0 aromatic heterocycles. The van der Waals surface area contributed by atoms with Gasteiger partial charge in [0.1, 0.15) is 0 Å². The molecule has 2 fully saturated rings. The van der Waals surface area contributed by atoms with E-state index in [4.69, 9.17) is 35.3 Å². The van der Waals surface area contributed by atoms with Crippen molar-refractivity contribution in [1.82, 2.24) is 0 Å². The number of nitrogens with two attached hydrogens (primary N) is 3. The Hall–Kier alpha value is 0.180. The predicted octanol–water partition coefficient (Wildman–Crippen LogP) is 3.27. The van der Waals surface area contributed by atoms with E-state index in [1.807, 2.05) is 0 Å². The summed E-state index contributed by atoms with van der Waals surface area (Å²) in [6, 6.07) is -0.844. The normalized spacial score (nSPS) is 26.0. The van der Waals surface area contributed by atoms with Crippen LogP contribution < -0.4 is 17.2 Å². The van der Waals surface area contributed by atoms with Gasteiger partial charge in [0.2, 0.25) is 0 Å². The average Bonchev–Trinajstić information content (AvgIpc) is 2.83. The van der Waals surface area contributed by atoms with Gasteiger partial charge < -0.3 is 35.3 Å². The lowest BCUT2D eigenvalue weighted by Crippen LogP contribution is -2.62. The van der Waals surface area contributed by atoms with Crippen molar-refractivity contribution in [2.24, 2.45) is 17.2 Å². The van der Waals surface area contributed by atoms with Crippen LogP contribution in [0.1, 0.15) is 64.2 Å². The number of rotatable bonds is 6. The fraction of sp³-hybridized carbons (Fsp3) is 1.00. The number of hydrogen-bond donors (Lipinski definition) is 3. The molecule has 0 aliphatic carbocycles. The molecule has 0 bridgehead atoms. The zero-order valence-electron chi connectivity index (χ0n) is 16.8. The minimum absolute atomic E-state index is 0.225. The van der Waals surface area contributed by atoms with Crippen LogP contribution in [0.3, 0.4) is 0 Å². The van der Waals surface area contributed by atoms with Crippen molar-refractivity contribution in [3.8, 4) is 0 Å². The van der Waals surface area contributed by atoms with Crippen LogP contribution in [0.5, 0.6) is 0 Å². The molecule has 0 spiro atoms. The lowest BCUT2D eigenvalue weighted by atomic mass is 10.1. The minimum atomic E-state index is -3.78. The van der Waals surface area contributed by atoms with Gasteiger partial charge in [-0.05, 0) is 38.5 Å². The zero-order chi connectivity index (χ0) is 20.5. The molecule has 2 aliphatic rings. The Labute approximate surface area is 168 Å². The molecule has 2 aliphatic heterocycles. The first-order valence-corrected chi connectivity index (χ1v) is 13.7. The molecule has 1 atom stereocenters. The fourth-order valence-corrected chi connectivity index (χ4v) is 6.77. The van der Waals surface area contributed by atoms with Gasteiger partial charge in [0.05, 0.1) is 32.6 Å². The first kappa shape index (κ1) is 24.4. The highest BCUT2D eigenvalue weighted by atomic mass is 31.2. The van der Waals surface area contributed by atoms with E-state index in [0.29, 0.717) is 26.1 Å². The van der Waals surface area contributed by atoms with Gasteiger partial charge in [0.25, 0.3) is 0 Å². The monoisotopic (exact) mass is 441 g/mol.